The molecule has 0 fully saturated rings. The molecule has 0 saturated heterocycles. The van der Waals surface area contributed by atoms with Crippen molar-refractivity contribution >= 4 is 17.5 Å². The molecule has 0 atom stereocenters. The van der Waals surface area contributed by atoms with Gasteiger partial charge in [-0.3, -0.25) is 4.79 Å². The van der Waals surface area contributed by atoms with Crippen molar-refractivity contribution in [3.63, 3.8) is 0 Å². The molecule has 0 aliphatic heterocycles. The number of nitrogens with zero attached hydrogens (tertiary/aromatic N) is 5. The second kappa shape index (κ2) is 7.57. The van der Waals surface area contributed by atoms with E-state index in [1.165, 1.54) is 16.8 Å². The monoisotopic (exact) mass is 398 g/mol. The van der Waals surface area contributed by atoms with E-state index in [9.17, 15) is 9.18 Å². The third-order valence-corrected chi connectivity index (χ3v) is 4.05. The Labute approximate surface area is 162 Å². The maximum Gasteiger partial charge on any atom is 0.316 e. The predicted molar refractivity (Wildman–Crippen MR) is 97.2 cm³/mol. The van der Waals surface area contributed by atoms with Crippen LogP contribution < -0.4 is 5.32 Å². The molecule has 0 unspecified atom stereocenters. The Kier molecular flexibility index (Phi) is 4.81. The van der Waals surface area contributed by atoms with Gasteiger partial charge in [0.2, 0.25) is 5.82 Å². The number of amides is 1. The van der Waals surface area contributed by atoms with Crippen LogP contribution in [0, 0.1) is 5.82 Å². The number of carbonyl (C=O) groups is 1. The Hall–Kier alpha value is -3.59. The summed E-state index contributed by atoms with van der Waals surface area (Å²) in [5.74, 6) is -0.971. The summed E-state index contributed by atoms with van der Waals surface area (Å²) in [5.41, 5.74) is 1.83. The van der Waals surface area contributed by atoms with E-state index < -0.39 is 5.91 Å². The normalized spacial score (nSPS) is 10.8. The number of aromatic nitrogens is 5. The molecule has 0 radical (unpaired) electrons. The number of benzene rings is 2. The molecule has 0 spiro atoms. The van der Waals surface area contributed by atoms with Crippen LogP contribution in [0.1, 0.15) is 16.2 Å². The van der Waals surface area contributed by atoms with Crippen LogP contribution in [-0.2, 0) is 6.54 Å². The van der Waals surface area contributed by atoms with Gasteiger partial charge in [-0.2, -0.15) is 4.98 Å². The third-order valence-electron chi connectivity index (χ3n) is 3.80. The van der Waals surface area contributed by atoms with Gasteiger partial charge in [-0.25, -0.2) is 9.07 Å². The van der Waals surface area contributed by atoms with E-state index in [1.54, 1.807) is 42.6 Å². The standard InChI is InChI=1S/C18H12ClFN6O2/c19-12-3-7-14(8-4-12)26-10-15(23-25-26)16-22-18(28-24-16)17(27)21-9-11-1-5-13(20)6-2-11/h1-8,10H,9H2,(H,21,27). The summed E-state index contributed by atoms with van der Waals surface area (Å²) in [6.07, 6.45) is 1.61. The predicted octanol–water partition coefficient (Wildman–Crippen LogP) is 3.04. The number of rotatable bonds is 5. The minimum Gasteiger partial charge on any atom is -0.344 e. The molecule has 2 aromatic carbocycles. The zero-order valence-corrected chi connectivity index (χ0v) is 15.0. The molecular formula is C18H12ClFN6O2. The molecule has 10 heteroatoms. The zero-order valence-electron chi connectivity index (χ0n) is 14.2. The highest BCUT2D eigenvalue weighted by atomic mass is 35.5. The van der Waals surface area contributed by atoms with E-state index in [2.05, 4.69) is 25.8 Å². The third kappa shape index (κ3) is 3.89. The molecule has 0 bridgehead atoms. The average Bonchev–Trinajstić information content (AvgIpc) is 3.37. The lowest BCUT2D eigenvalue weighted by molar-refractivity contribution is 0.0907. The first-order valence-electron chi connectivity index (χ1n) is 8.13. The van der Waals surface area contributed by atoms with Gasteiger partial charge >= 0.3 is 11.8 Å². The van der Waals surface area contributed by atoms with Gasteiger partial charge in [-0.15, -0.1) is 5.10 Å². The second-order valence-electron chi connectivity index (χ2n) is 5.76. The molecule has 4 rings (SSSR count). The summed E-state index contributed by atoms with van der Waals surface area (Å²) in [5, 5.41) is 15.0. The number of carbonyl (C=O) groups excluding carboxylic acids is 1. The fraction of sp³-hybridized carbons (Fsp3) is 0.0556. The fourth-order valence-corrected chi connectivity index (χ4v) is 2.49. The van der Waals surface area contributed by atoms with E-state index in [4.69, 9.17) is 16.1 Å². The topological polar surface area (TPSA) is 98.7 Å². The van der Waals surface area contributed by atoms with Crippen LogP contribution >= 0.6 is 11.6 Å². The van der Waals surface area contributed by atoms with E-state index in [-0.39, 0.29) is 24.1 Å². The summed E-state index contributed by atoms with van der Waals surface area (Å²) in [6, 6.07) is 12.8. The minimum atomic E-state index is -0.548. The lowest BCUT2D eigenvalue weighted by Gasteiger charge is -2.01. The van der Waals surface area contributed by atoms with Gasteiger partial charge in [-0.05, 0) is 42.0 Å². The quantitative estimate of drug-likeness (QED) is 0.554. The Morgan fingerprint density at radius 3 is 2.64 bits per heavy atom. The maximum atomic E-state index is 12.9. The molecule has 2 heterocycles. The molecule has 0 aliphatic carbocycles. The van der Waals surface area contributed by atoms with Crippen LogP contribution in [0.5, 0.6) is 0 Å². The first kappa shape index (κ1) is 17.8. The molecule has 2 aromatic heterocycles. The van der Waals surface area contributed by atoms with Crippen LogP contribution in [0.4, 0.5) is 4.39 Å². The summed E-state index contributed by atoms with van der Waals surface area (Å²) in [6.45, 7) is 0.198. The van der Waals surface area contributed by atoms with Crippen LogP contribution in [0.25, 0.3) is 17.2 Å². The SMILES string of the molecule is O=C(NCc1ccc(F)cc1)c1nc(-c2cn(-c3ccc(Cl)cc3)nn2)no1. The van der Waals surface area contributed by atoms with Gasteiger partial charge in [0.25, 0.3) is 0 Å². The van der Waals surface area contributed by atoms with Crippen LogP contribution in [0.2, 0.25) is 5.02 Å². The summed E-state index contributed by atoms with van der Waals surface area (Å²) in [4.78, 5) is 16.2. The van der Waals surface area contributed by atoms with Crippen molar-refractivity contribution < 1.29 is 13.7 Å². The van der Waals surface area contributed by atoms with Crippen molar-refractivity contribution in [2.45, 2.75) is 6.54 Å². The Morgan fingerprint density at radius 2 is 1.89 bits per heavy atom. The van der Waals surface area contributed by atoms with Gasteiger partial charge in [-0.1, -0.05) is 34.1 Å². The van der Waals surface area contributed by atoms with Crippen LogP contribution in [0.3, 0.4) is 0 Å². The molecule has 28 heavy (non-hydrogen) atoms. The van der Waals surface area contributed by atoms with Crippen molar-refractivity contribution in [2.24, 2.45) is 0 Å². The van der Waals surface area contributed by atoms with Crippen molar-refractivity contribution in [1.29, 1.82) is 0 Å². The Balaban J connectivity index is 1.44. The van der Waals surface area contributed by atoms with Gasteiger partial charge in [0.1, 0.15) is 5.82 Å². The lowest BCUT2D eigenvalue weighted by Crippen LogP contribution is -2.23. The molecule has 1 N–H and O–H groups in total. The molecule has 8 nitrogen and oxygen atoms in total. The highest BCUT2D eigenvalue weighted by Crippen LogP contribution is 2.16. The Morgan fingerprint density at radius 1 is 1.14 bits per heavy atom. The number of hydrogen-bond acceptors (Lipinski definition) is 6. The highest BCUT2D eigenvalue weighted by Gasteiger charge is 2.18. The van der Waals surface area contributed by atoms with E-state index in [1.807, 2.05) is 0 Å². The number of nitrogens with one attached hydrogen (secondary N) is 1. The van der Waals surface area contributed by atoms with Gasteiger partial charge in [0.05, 0.1) is 11.9 Å². The lowest BCUT2D eigenvalue weighted by atomic mass is 10.2. The Bertz CT molecular complexity index is 1110. The van der Waals surface area contributed by atoms with Crippen molar-refractivity contribution in [3.05, 3.63) is 77.0 Å². The molecular weight excluding hydrogens is 387 g/mol. The first-order chi connectivity index (χ1) is 13.6. The van der Waals surface area contributed by atoms with Gasteiger partial charge < -0.3 is 9.84 Å². The van der Waals surface area contributed by atoms with Crippen LogP contribution in [-0.4, -0.2) is 31.0 Å². The van der Waals surface area contributed by atoms with E-state index >= 15 is 0 Å². The molecule has 0 saturated carbocycles. The van der Waals surface area contributed by atoms with Crippen LogP contribution in [0.15, 0.2) is 59.3 Å². The molecule has 1 amide bonds. The van der Waals surface area contributed by atoms with Crippen molar-refractivity contribution in [1.82, 2.24) is 30.5 Å². The molecule has 0 aliphatic rings. The highest BCUT2D eigenvalue weighted by molar-refractivity contribution is 6.30. The molecule has 4 aromatic rings. The second-order valence-corrected chi connectivity index (χ2v) is 6.19. The summed E-state index contributed by atoms with van der Waals surface area (Å²) < 4.78 is 19.4. The smallest absolute Gasteiger partial charge is 0.316 e. The summed E-state index contributed by atoms with van der Waals surface area (Å²) >= 11 is 5.87. The first-order valence-corrected chi connectivity index (χ1v) is 8.51. The minimum absolute atomic E-state index is 0.132. The van der Waals surface area contributed by atoms with Crippen molar-refractivity contribution in [3.8, 4) is 17.2 Å². The number of halogens is 2. The van der Waals surface area contributed by atoms with Gasteiger partial charge in [0, 0.05) is 11.6 Å². The largest absolute Gasteiger partial charge is 0.344 e. The van der Waals surface area contributed by atoms with E-state index in [0.717, 1.165) is 11.3 Å². The van der Waals surface area contributed by atoms with E-state index in [0.29, 0.717) is 10.7 Å². The fourth-order valence-electron chi connectivity index (χ4n) is 2.37. The maximum absolute atomic E-state index is 12.9. The number of hydrogen-bond donors (Lipinski definition) is 1. The van der Waals surface area contributed by atoms with Crippen molar-refractivity contribution in [2.75, 3.05) is 0 Å². The summed E-state index contributed by atoms with van der Waals surface area (Å²) in [7, 11) is 0. The van der Waals surface area contributed by atoms with Gasteiger partial charge in [0.15, 0.2) is 5.69 Å². The average molecular weight is 399 g/mol. The molecule has 140 valence electrons. The zero-order chi connectivity index (χ0) is 19.5.